The summed E-state index contributed by atoms with van der Waals surface area (Å²) in [6.07, 6.45) is -0.586. The van der Waals surface area contributed by atoms with Gasteiger partial charge in [0.05, 0.1) is 41.5 Å². The molecule has 1 N–H and O–H groups in total. The molecule has 182 valence electrons. The maximum atomic E-state index is 13.6. The Kier molecular flexibility index (Phi) is 5.18. The number of benzene rings is 2. The fraction of sp³-hybridized carbons (Fsp3) is 0.333. The van der Waals surface area contributed by atoms with E-state index in [1.54, 1.807) is 25.2 Å². The zero-order chi connectivity index (χ0) is 25.2. The van der Waals surface area contributed by atoms with Gasteiger partial charge in [-0.25, -0.2) is 4.79 Å². The molecule has 3 heterocycles. The maximum absolute atomic E-state index is 13.6. The number of ether oxygens (including phenoxy) is 2. The number of methoxy groups -OCH3 is 1. The summed E-state index contributed by atoms with van der Waals surface area (Å²) in [5.41, 5.74) is 3.51. The zero-order valence-corrected chi connectivity index (χ0v) is 20.7. The molecule has 1 aliphatic heterocycles. The monoisotopic (exact) mass is 475 g/mol. The van der Waals surface area contributed by atoms with E-state index in [0.29, 0.717) is 23.3 Å². The first-order valence-electron chi connectivity index (χ1n) is 11.5. The lowest BCUT2D eigenvalue weighted by Gasteiger charge is -2.39. The van der Waals surface area contributed by atoms with Gasteiger partial charge in [-0.15, -0.1) is 0 Å². The molecule has 2 aromatic carbocycles. The molecule has 0 spiro atoms. The smallest absolute Gasteiger partial charge is 0.331 e. The molecule has 4 aromatic rings. The summed E-state index contributed by atoms with van der Waals surface area (Å²) >= 11 is 0. The number of fused-ring (bicyclic) bond motifs is 3. The van der Waals surface area contributed by atoms with Crippen LogP contribution in [-0.2, 0) is 24.4 Å². The van der Waals surface area contributed by atoms with Gasteiger partial charge in [0.25, 0.3) is 5.56 Å². The fourth-order valence-electron chi connectivity index (χ4n) is 5.09. The molecular weight excluding hydrogens is 446 g/mol. The largest absolute Gasteiger partial charge is 0.504 e. The Morgan fingerprint density at radius 1 is 1.06 bits per heavy atom. The SMILES string of the molecule is COc1cc([C@@H]2OCC(C)(C)n3c(-c4ccc(C)cc4)c4c(=O)n(C)c(=O)n(C)c4c32)ccc1O. The lowest BCUT2D eigenvalue weighted by atomic mass is 9.97. The number of aromatic nitrogens is 3. The number of phenols is 1. The predicted molar refractivity (Wildman–Crippen MR) is 134 cm³/mol. The molecule has 1 atom stereocenters. The first-order valence-corrected chi connectivity index (χ1v) is 11.5. The summed E-state index contributed by atoms with van der Waals surface area (Å²) in [5.74, 6) is 0.344. The molecule has 2 aromatic heterocycles. The summed E-state index contributed by atoms with van der Waals surface area (Å²) in [4.78, 5) is 26.7. The van der Waals surface area contributed by atoms with Crippen molar-refractivity contribution in [2.24, 2.45) is 14.1 Å². The molecular formula is C27H29N3O5. The van der Waals surface area contributed by atoms with Crippen LogP contribution in [0.1, 0.15) is 36.8 Å². The normalized spacial score (nSPS) is 16.9. The van der Waals surface area contributed by atoms with Crippen molar-refractivity contribution in [1.29, 1.82) is 0 Å². The molecule has 5 rings (SSSR count). The van der Waals surface area contributed by atoms with Crippen molar-refractivity contribution >= 4 is 10.9 Å². The average Bonchev–Trinajstić information content (AvgIpc) is 3.20. The molecule has 8 heteroatoms. The highest BCUT2D eigenvalue weighted by Crippen LogP contribution is 2.46. The van der Waals surface area contributed by atoms with Gasteiger partial charge >= 0.3 is 5.69 Å². The van der Waals surface area contributed by atoms with Crippen LogP contribution in [0.3, 0.4) is 0 Å². The Balaban J connectivity index is 1.97. The van der Waals surface area contributed by atoms with Crippen LogP contribution in [0.5, 0.6) is 11.5 Å². The van der Waals surface area contributed by atoms with Gasteiger partial charge in [-0.3, -0.25) is 13.9 Å². The van der Waals surface area contributed by atoms with Gasteiger partial charge < -0.3 is 19.1 Å². The Bertz CT molecular complexity index is 1590. The number of nitrogens with zero attached hydrogens (tertiary/aromatic N) is 3. The van der Waals surface area contributed by atoms with E-state index in [1.165, 1.54) is 18.7 Å². The van der Waals surface area contributed by atoms with Gasteiger partial charge in [-0.2, -0.15) is 0 Å². The van der Waals surface area contributed by atoms with Crippen LogP contribution in [0.4, 0.5) is 0 Å². The Labute approximate surface area is 202 Å². The molecule has 0 radical (unpaired) electrons. The number of rotatable bonds is 3. The standard InChI is InChI=1S/C27H29N3O5/c1-15-7-9-16(10-8-15)21-20-22(28(4)26(33)29(5)25(20)32)23-24(35-14-27(2,3)30(21)23)17-11-12-18(31)19(13-17)34-6/h7-13,24,31H,14H2,1-6H3/t24-/m0/s1. The second kappa shape index (κ2) is 7.88. The highest BCUT2D eigenvalue weighted by Gasteiger charge is 2.40. The molecule has 0 saturated carbocycles. The molecule has 35 heavy (non-hydrogen) atoms. The zero-order valence-electron chi connectivity index (χ0n) is 20.7. The third-order valence-electron chi connectivity index (χ3n) is 6.90. The van der Waals surface area contributed by atoms with E-state index >= 15 is 0 Å². The van der Waals surface area contributed by atoms with Gasteiger partial charge in [0.2, 0.25) is 0 Å². The molecule has 1 aliphatic rings. The van der Waals surface area contributed by atoms with Gasteiger partial charge in [0.1, 0.15) is 6.10 Å². The summed E-state index contributed by atoms with van der Waals surface area (Å²) in [7, 11) is 4.67. The maximum Gasteiger partial charge on any atom is 0.331 e. The van der Waals surface area contributed by atoms with Crippen molar-refractivity contribution < 1.29 is 14.6 Å². The highest BCUT2D eigenvalue weighted by atomic mass is 16.5. The van der Waals surface area contributed by atoms with E-state index in [9.17, 15) is 14.7 Å². The third kappa shape index (κ3) is 3.31. The van der Waals surface area contributed by atoms with Gasteiger partial charge in [0.15, 0.2) is 11.5 Å². The van der Waals surface area contributed by atoms with Crippen molar-refractivity contribution in [1.82, 2.24) is 13.7 Å². The molecule has 0 fully saturated rings. The molecule has 0 amide bonds. The van der Waals surface area contributed by atoms with Crippen molar-refractivity contribution in [3.05, 3.63) is 80.1 Å². The van der Waals surface area contributed by atoms with E-state index in [-0.39, 0.29) is 11.3 Å². The van der Waals surface area contributed by atoms with Crippen LogP contribution in [-0.4, -0.2) is 32.5 Å². The molecule has 0 saturated heterocycles. The number of hydrogen-bond donors (Lipinski definition) is 1. The van der Waals surface area contributed by atoms with Crippen molar-refractivity contribution in [2.45, 2.75) is 32.4 Å². The predicted octanol–water partition coefficient (Wildman–Crippen LogP) is 3.58. The Morgan fingerprint density at radius 3 is 2.40 bits per heavy atom. The van der Waals surface area contributed by atoms with E-state index in [2.05, 4.69) is 18.4 Å². The minimum atomic E-state index is -0.586. The summed E-state index contributed by atoms with van der Waals surface area (Å²) in [6, 6.07) is 13.1. The first kappa shape index (κ1) is 23.0. The van der Waals surface area contributed by atoms with Crippen molar-refractivity contribution in [2.75, 3.05) is 13.7 Å². The van der Waals surface area contributed by atoms with E-state index in [0.717, 1.165) is 32.6 Å². The van der Waals surface area contributed by atoms with Crippen molar-refractivity contribution in [3.8, 4) is 22.8 Å². The van der Waals surface area contributed by atoms with Crippen LogP contribution in [0, 0.1) is 6.92 Å². The Hall–Kier alpha value is -3.78. The van der Waals surface area contributed by atoms with E-state index in [1.807, 2.05) is 31.2 Å². The van der Waals surface area contributed by atoms with Crippen molar-refractivity contribution in [3.63, 3.8) is 0 Å². The molecule has 0 aliphatic carbocycles. The quantitative estimate of drug-likeness (QED) is 0.489. The minimum Gasteiger partial charge on any atom is -0.504 e. The number of phenolic OH excluding ortho intramolecular Hbond substituents is 1. The van der Waals surface area contributed by atoms with Crippen LogP contribution >= 0.6 is 0 Å². The summed E-state index contributed by atoms with van der Waals surface area (Å²) in [5, 5.41) is 10.6. The fourth-order valence-corrected chi connectivity index (χ4v) is 5.09. The second-order valence-corrected chi connectivity index (χ2v) is 9.80. The lowest BCUT2D eigenvalue weighted by Crippen LogP contribution is -2.40. The van der Waals surface area contributed by atoms with E-state index in [4.69, 9.17) is 9.47 Å². The van der Waals surface area contributed by atoms with Gasteiger partial charge in [-0.05, 0) is 44.0 Å². The lowest BCUT2D eigenvalue weighted by molar-refractivity contribution is -0.00716. The number of hydrogen-bond acceptors (Lipinski definition) is 5. The highest BCUT2D eigenvalue weighted by molar-refractivity contribution is 5.96. The van der Waals surface area contributed by atoms with Crippen LogP contribution in [0.25, 0.3) is 22.2 Å². The molecule has 0 unspecified atom stereocenters. The number of aryl methyl sites for hydroxylation is 2. The summed E-state index contributed by atoms with van der Waals surface area (Å²) in [6.45, 7) is 6.51. The van der Waals surface area contributed by atoms with Crippen LogP contribution in [0.15, 0.2) is 52.1 Å². The molecule has 8 nitrogen and oxygen atoms in total. The van der Waals surface area contributed by atoms with Crippen LogP contribution in [0.2, 0.25) is 0 Å². The first-order chi connectivity index (χ1) is 16.6. The van der Waals surface area contributed by atoms with Gasteiger partial charge in [0, 0.05) is 14.1 Å². The number of aromatic hydroxyl groups is 1. The minimum absolute atomic E-state index is 0.0224. The van der Waals surface area contributed by atoms with E-state index < -0.39 is 17.3 Å². The molecule has 0 bridgehead atoms. The summed E-state index contributed by atoms with van der Waals surface area (Å²) < 4.78 is 16.6. The second-order valence-electron chi connectivity index (χ2n) is 9.80. The van der Waals surface area contributed by atoms with Crippen LogP contribution < -0.4 is 16.0 Å². The average molecular weight is 476 g/mol. The van der Waals surface area contributed by atoms with Gasteiger partial charge in [-0.1, -0.05) is 35.9 Å². The topological polar surface area (TPSA) is 87.6 Å². The third-order valence-corrected chi connectivity index (χ3v) is 6.90. The Morgan fingerprint density at radius 2 is 1.74 bits per heavy atom.